The quantitative estimate of drug-likeness (QED) is 0.659. The molecule has 7 nitrogen and oxygen atoms in total. The molecule has 2 amide bonds. The Kier molecular flexibility index (Phi) is 4.99. The first kappa shape index (κ1) is 14.6. The molecular formula is C12H15N3O4. The third kappa shape index (κ3) is 4.38. The van der Waals surface area contributed by atoms with Crippen molar-refractivity contribution in [3.8, 4) is 0 Å². The molecule has 0 saturated heterocycles. The van der Waals surface area contributed by atoms with Gasteiger partial charge in [-0.3, -0.25) is 14.6 Å². The van der Waals surface area contributed by atoms with Gasteiger partial charge in [-0.15, -0.1) is 0 Å². The first-order valence-corrected chi connectivity index (χ1v) is 5.65. The van der Waals surface area contributed by atoms with Crippen molar-refractivity contribution in [3.05, 3.63) is 29.6 Å². The van der Waals surface area contributed by atoms with Gasteiger partial charge in [-0.2, -0.15) is 0 Å². The van der Waals surface area contributed by atoms with Gasteiger partial charge in [0.05, 0.1) is 0 Å². The van der Waals surface area contributed by atoms with Gasteiger partial charge in [0, 0.05) is 12.6 Å². The van der Waals surface area contributed by atoms with E-state index in [9.17, 15) is 14.4 Å². The van der Waals surface area contributed by atoms with Gasteiger partial charge in [0.15, 0.2) is 0 Å². The van der Waals surface area contributed by atoms with Crippen molar-refractivity contribution < 1.29 is 19.5 Å². The van der Waals surface area contributed by atoms with Crippen LogP contribution >= 0.6 is 0 Å². The second-order valence-electron chi connectivity index (χ2n) is 4.04. The van der Waals surface area contributed by atoms with Gasteiger partial charge in [0.2, 0.25) is 5.91 Å². The van der Waals surface area contributed by atoms with E-state index in [4.69, 9.17) is 10.8 Å². The molecule has 19 heavy (non-hydrogen) atoms. The zero-order valence-electron chi connectivity index (χ0n) is 10.4. The predicted octanol–water partition coefficient (Wildman–Crippen LogP) is -0.161. The lowest BCUT2D eigenvalue weighted by Gasteiger charge is -2.14. The fourth-order valence-electron chi connectivity index (χ4n) is 1.49. The maximum atomic E-state index is 11.9. The van der Waals surface area contributed by atoms with E-state index in [0.717, 1.165) is 0 Å². The molecule has 1 aromatic rings. The van der Waals surface area contributed by atoms with Crippen molar-refractivity contribution in [2.75, 3.05) is 0 Å². The van der Waals surface area contributed by atoms with Crippen LogP contribution in [0.2, 0.25) is 0 Å². The third-order valence-electron chi connectivity index (χ3n) is 2.51. The van der Waals surface area contributed by atoms with Gasteiger partial charge in [-0.05, 0) is 25.0 Å². The number of carboxylic acids is 1. The average molecular weight is 265 g/mol. The van der Waals surface area contributed by atoms with E-state index >= 15 is 0 Å². The van der Waals surface area contributed by atoms with Crippen molar-refractivity contribution in [2.24, 2.45) is 5.73 Å². The Morgan fingerprint density at radius 3 is 2.68 bits per heavy atom. The summed E-state index contributed by atoms with van der Waals surface area (Å²) in [6.45, 7) is 1.70. The number of nitrogens with one attached hydrogen (secondary N) is 1. The Morgan fingerprint density at radius 2 is 2.16 bits per heavy atom. The van der Waals surface area contributed by atoms with E-state index in [-0.39, 0.29) is 18.5 Å². The molecule has 0 aliphatic heterocycles. The first-order valence-electron chi connectivity index (χ1n) is 5.65. The van der Waals surface area contributed by atoms with Crippen molar-refractivity contribution >= 4 is 17.8 Å². The summed E-state index contributed by atoms with van der Waals surface area (Å²) in [6, 6.07) is 2.20. The van der Waals surface area contributed by atoms with Crippen LogP contribution in [-0.4, -0.2) is 33.9 Å². The first-order chi connectivity index (χ1) is 8.91. The van der Waals surface area contributed by atoms with E-state index in [1.165, 1.54) is 6.20 Å². The van der Waals surface area contributed by atoms with Crippen LogP contribution < -0.4 is 11.1 Å². The minimum absolute atomic E-state index is 0.0533. The molecular weight excluding hydrogens is 250 g/mol. The second kappa shape index (κ2) is 6.48. The van der Waals surface area contributed by atoms with Crippen LogP contribution in [0, 0.1) is 6.92 Å². The van der Waals surface area contributed by atoms with Gasteiger partial charge in [-0.25, -0.2) is 4.79 Å². The van der Waals surface area contributed by atoms with Gasteiger partial charge in [0.25, 0.3) is 5.91 Å². The lowest BCUT2D eigenvalue weighted by molar-refractivity contribution is -0.139. The molecule has 0 aliphatic carbocycles. The lowest BCUT2D eigenvalue weighted by Crippen LogP contribution is -2.41. The number of rotatable bonds is 6. The molecule has 1 rings (SSSR count). The maximum Gasteiger partial charge on any atom is 0.326 e. The molecule has 0 unspecified atom stereocenters. The number of carbonyl (C=O) groups excluding carboxylic acids is 2. The number of hydrogen-bond acceptors (Lipinski definition) is 4. The lowest BCUT2D eigenvalue weighted by atomic mass is 10.1. The number of hydrogen-bond donors (Lipinski definition) is 3. The van der Waals surface area contributed by atoms with Crippen molar-refractivity contribution in [1.29, 1.82) is 0 Å². The minimum Gasteiger partial charge on any atom is -0.480 e. The molecule has 0 bridgehead atoms. The van der Waals surface area contributed by atoms with Crippen LogP contribution in [0.3, 0.4) is 0 Å². The van der Waals surface area contributed by atoms with Gasteiger partial charge < -0.3 is 16.2 Å². The fourth-order valence-corrected chi connectivity index (χ4v) is 1.49. The van der Waals surface area contributed by atoms with Crippen LogP contribution in [0.4, 0.5) is 0 Å². The molecule has 1 heterocycles. The van der Waals surface area contributed by atoms with Crippen molar-refractivity contribution in [1.82, 2.24) is 10.3 Å². The zero-order valence-corrected chi connectivity index (χ0v) is 10.4. The number of amides is 2. The molecule has 0 aliphatic rings. The number of nitrogens with zero attached hydrogens (tertiary/aromatic N) is 1. The summed E-state index contributed by atoms with van der Waals surface area (Å²) in [4.78, 5) is 37.4. The summed E-state index contributed by atoms with van der Waals surface area (Å²) in [6.07, 6.45) is 1.28. The summed E-state index contributed by atoms with van der Waals surface area (Å²) in [5, 5.41) is 11.3. The normalized spacial score (nSPS) is 11.6. The molecule has 0 saturated carbocycles. The highest BCUT2D eigenvalue weighted by Gasteiger charge is 2.22. The van der Waals surface area contributed by atoms with Crippen LogP contribution in [0.15, 0.2) is 18.3 Å². The number of pyridine rings is 1. The number of aliphatic carboxylic acids is 1. The smallest absolute Gasteiger partial charge is 0.326 e. The Balaban J connectivity index is 2.74. The average Bonchev–Trinajstić information content (AvgIpc) is 2.34. The van der Waals surface area contributed by atoms with Crippen molar-refractivity contribution in [2.45, 2.75) is 25.8 Å². The van der Waals surface area contributed by atoms with Crippen molar-refractivity contribution in [3.63, 3.8) is 0 Å². The Hall–Kier alpha value is -2.44. The van der Waals surface area contributed by atoms with E-state index < -0.39 is 23.8 Å². The summed E-state index contributed by atoms with van der Waals surface area (Å²) < 4.78 is 0. The Morgan fingerprint density at radius 1 is 1.47 bits per heavy atom. The molecule has 0 aromatic carbocycles. The Bertz CT molecular complexity index is 502. The number of primary amides is 1. The zero-order chi connectivity index (χ0) is 14.4. The number of carbonyl (C=O) groups is 3. The van der Waals surface area contributed by atoms with Crippen LogP contribution in [0.25, 0.3) is 0 Å². The highest BCUT2D eigenvalue weighted by Crippen LogP contribution is 2.05. The maximum absolute atomic E-state index is 11.9. The van der Waals surface area contributed by atoms with E-state index in [1.807, 2.05) is 0 Å². The molecule has 0 spiro atoms. The summed E-state index contributed by atoms with van der Waals surface area (Å²) in [7, 11) is 0. The Labute approximate surface area is 109 Å². The van der Waals surface area contributed by atoms with E-state index in [0.29, 0.717) is 5.56 Å². The number of nitrogens with two attached hydrogens (primary N) is 1. The van der Waals surface area contributed by atoms with Gasteiger partial charge in [-0.1, -0.05) is 6.07 Å². The second-order valence-corrected chi connectivity index (χ2v) is 4.04. The molecule has 102 valence electrons. The molecule has 4 N–H and O–H groups in total. The topological polar surface area (TPSA) is 122 Å². The minimum atomic E-state index is -1.22. The number of aromatic nitrogens is 1. The SMILES string of the molecule is Cc1cccnc1C(=O)N[C@@H](CCC(N)=O)C(=O)O. The summed E-state index contributed by atoms with van der Waals surface area (Å²) in [5.74, 6) is -2.42. The summed E-state index contributed by atoms with van der Waals surface area (Å²) >= 11 is 0. The standard InChI is InChI=1S/C12H15N3O4/c1-7-3-2-6-14-10(7)11(17)15-8(12(18)19)4-5-9(13)16/h2-3,6,8H,4-5H2,1H3,(H2,13,16)(H,15,17)(H,18,19)/t8-/m0/s1. The van der Waals surface area contributed by atoms with E-state index in [1.54, 1.807) is 19.1 Å². The van der Waals surface area contributed by atoms with E-state index in [2.05, 4.69) is 10.3 Å². The van der Waals surface area contributed by atoms with Crippen LogP contribution in [-0.2, 0) is 9.59 Å². The molecule has 1 aromatic heterocycles. The predicted molar refractivity (Wildman–Crippen MR) is 66.3 cm³/mol. The molecule has 1 atom stereocenters. The third-order valence-corrected chi connectivity index (χ3v) is 2.51. The van der Waals surface area contributed by atoms with Crippen LogP contribution in [0.1, 0.15) is 28.9 Å². The number of carboxylic acid groups (broad SMARTS) is 1. The van der Waals surface area contributed by atoms with Gasteiger partial charge in [0.1, 0.15) is 11.7 Å². The number of aryl methyl sites for hydroxylation is 1. The molecule has 0 fully saturated rings. The molecule has 0 radical (unpaired) electrons. The highest BCUT2D eigenvalue weighted by atomic mass is 16.4. The monoisotopic (exact) mass is 265 g/mol. The van der Waals surface area contributed by atoms with Crippen LogP contribution in [0.5, 0.6) is 0 Å². The summed E-state index contributed by atoms with van der Waals surface area (Å²) in [5.41, 5.74) is 5.75. The molecule has 7 heteroatoms. The fraction of sp³-hybridized carbons (Fsp3) is 0.333. The highest BCUT2D eigenvalue weighted by molar-refractivity contribution is 5.96. The van der Waals surface area contributed by atoms with Gasteiger partial charge >= 0.3 is 5.97 Å². The largest absolute Gasteiger partial charge is 0.480 e.